The normalized spacial score (nSPS) is 13.6. The molecule has 0 radical (unpaired) electrons. The zero-order valence-electron chi connectivity index (χ0n) is 26.3. The third-order valence-corrected chi connectivity index (χ3v) is 7.34. The largest absolute Gasteiger partial charge is 0.420 e. The van der Waals surface area contributed by atoms with Crippen molar-refractivity contribution < 1.29 is 32.7 Å². The molecule has 1 unspecified atom stereocenters. The lowest BCUT2D eigenvalue weighted by molar-refractivity contribution is -0.259. The van der Waals surface area contributed by atoms with Crippen LogP contribution in [0.15, 0.2) is 42.6 Å². The van der Waals surface area contributed by atoms with Crippen molar-refractivity contribution >= 4 is 34.3 Å². The Hall–Kier alpha value is -4.13. The molecule has 1 atom stereocenters. The second-order valence-electron chi connectivity index (χ2n) is 12.1. The van der Waals surface area contributed by atoms with Crippen molar-refractivity contribution in [2.24, 2.45) is 5.92 Å². The van der Waals surface area contributed by atoms with E-state index in [0.717, 1.165) is 4.90 Å². The van der Waals surface area contributed by atoms with E-state index in [1.165, 1.54) is 13.2 Å². The molecule has 240 valence electrons. The van der Waals surface area contributed by atoms with Gasteiger partial charge in [-0.1, -0.05) is 19.9 Å². The van der Waals surface area contributed by atoms with Crippen LogP contribution in [0.5, 0.6) is 0 Å². The highest BCUT2D eigenvalue weighted by molar-refractivity contribution is 5.99. The number of rotatable bonds is 11. The number of nitrogens with zero attached hydrogens (tertiary/aromatic N) is 3. The molecule has 0 aliphatic rings. The first-order valence-electron chi connectivity index (χ1n) is 14.3. The molecule has 1 aromatic heterocycles. The second kappa shape index (κ2) is 12.8. The van der Waals surface area contributed by atoms with E-state index in [2.05, 4.69) is 21.0 Å². The summed E-state index contributed by atoms with van der Waals surface area (Å²) in [5, 5.41) is 23.8. The number of hydrogen-bond donors (Lipinski definition) is 4. The molecule has 4 N–H and O–H groups in total. The molecule has 0 saturated carbocycles. The maximum absolute atomic E-state index is 14.3. The van der Waals surface area contributed by atoms with E-state index in [-0.39, 0.29) is 11.5 Å². The summed E-state index contributed by atoms with van der Waals surface area (Å²) in [7, 11) is 1.47. The standard InChI is InChI=1S/C31H41F3N6O4/c1-18(2)27(42)39(19(3)4)17-30(44,31(32,33)34)16-36-24-12-20(5)13-25-23(24)15-37-40(25)22-11-9-10-21(14-22)26(41)38-29(6,7)28(43)35-8/h9-15,18-19,36,44H,16-17H2,1-8H3,(H,35,43)(H,38,41). The molecule has 0 aliphatic heterocycles. The zero-order chi connectivity index (χ0) is 33.2. The fourth-order valence-electron chi connectivity index (χ4n) is 4.74. The predicted octanol–water partition coefficient (Wildman–Crippen LogP) is 4.19. The van der Waals surface area contributed by atoms with Crippen LogP contribution in [0.2, 0.25) is 0 Å². The molecular formula is C31H41F3N6O4. The van der Waals surface area contributed by atoms with E-state index < -0.39 is 54.2 Å². The number of aliphatic hydroxyl groups is 1. The molecule has 0 spiro atoms. The minimum Gasteiger partial charge on any atom is -0.381 e. The van der Waals surface area contributed by atoms with Gasteiger partial charge in [-0.25, -0.2) is 4.68 Å². The van der Waals surface area contributed by atoms with Crippen molar-refractivity contribution in [2.45, 2.75) is 71.8 Å². The average Bonchev–Trinajstić information content (AvgIpc) is 3.36. The summed E-state index contributed by atoms with van der Waals surface area (Å²) in [6, 6.07) is 9.44. The molecule has 1 heterocycles. The Balaban J connectivity index is 1.96. The quantitative estimate of drug-likeness (QED) is 0.255. The summed E-state index contributed by atoms with van der Waals surface area (Å²) >= 11 is 0. The predicted molar refractivity (Wildman–Crippen MR) is 163 cm³/mol. The van der Waals surface area contributed by atoms with Crippen molar-refractivity contribution in [2.75, 3.05) is 25.5 Å². The number of alkyl halides is 3. The van der Waals surface area contributed by atoms with Crippen LogP contribution in [-0.2, 0) is 9.59 Å². The summed E-state index contributed by atoms with van der Waals surface area (Å²) in [5.41, 5.74) is -2.06. The molecule has 0 bridgehead atoms. The van der Waals surface area contributed by atoms with E-state index in [9.17, 15) is 32.7 Å². The van der Waals surface area contributed by atoms with Gasteiger partial charge in [0.25, 0.3) is 5.91 Å². The fraction of sp³-hybridized carbons (Fsp3) is 0.484. The van der Waals surface area contributed by atoms with Crippen molar-refractivity contribution in [3.63, 3.8) is 0 Å². The molecular weight excluding hydrogens is 577 g/mol. The van der Waals surface area contributed by atoms with E-state index in [4.69, 9.17) is 0 Å². The number of carbonyl (C=O) groups is 3. The SMILES string of the molecule is CNC(=O)C(C)(C)NC(=O)c1cccc(-n2ncc3c(NCC(O)(CN(C(=O)C(C)C)C(C)C)C(F)(F)F)cc(C)cc32)c1. The maximum atomic E-state index is 14.3. The van der Waals surface area contributed by atoms with Gasteiger partial charge in [-0.15, -0.1) is 0 Å². The summed E-state index contributed by atoms with van der Waals surface area (Å²) in [6.07, 6.45) is -3.56. The number of nitrogens with one attached hydrogen (secondary N) is 3. The van der Waals surface area contributed by atoms with Gasteiger partial charge in [0.1, 0.15) is 5.54 Å². The van der Waals surface area contributed by atoms with Crippen LogP contribution < -0.4 is 16.0 Å². The van der Waals surface area contributed by atoms with Crippen LogP contribution in [0.25, 0.3) is 16.6 Å². The highest BCUT2D eigenvalue weighted by Crippen LogP contribution is 2.34. The number of fused-ring (bicyclic) bond motifs is 1. The molecule has 13 heteroatoms. The highest BCUT2D eigenvalue weighted by Gasteiger charge is 2.55. The number of likely N-dealkylation sites (N-methyl/N-ethyl adjacent to an activating group) is 1. The Morgan fingerprint density at radius 1 is 1.07 bits per heavy atom. The first-order chi connectivity index (χ1) is 20.3. The van der Waals surface area contributed by atoms with Gasteiger partial charge in [-0.05, 0) is 70.5 Å². The van der Waals surface area contributed by atoms with E-state index in [0.29, 0.717) is 27.8 Å². The summed E-state index contributed by atoms with van der Waals surface area (Å²) < 4.78 is 44.4. The molecule has 0 aliphatic carbocycles. The number of hydrogen-bond acceptors (Lipinski definition) is 6. The fourth-order valence-corrected chi connectivity index (χ4v) is 4.74. The lowest BCUT2D eigenvalue weighted by Crippen LogP contribution is -2.60. The molecule has 3 aromatic rings. The average molecular weight is 619 g/mol. The number of amides is 3. The van der Waals surface area contributed by atoms with Gasteiger partial charge in [0, 0.05) is 35.6 Å². The van der Waals surface area contributed by atoms with Crippen LogP contribution in [0.1, 0.15) is 57.5 Å². The van der Waals surface area contributed by atoms with Gasteiger partial charge in [-0.2, -0.15) is 18.3 Å². The molecule has 3 amide bonds. The van der Waals surface area contributed by atoms with Crippen LogP contribution in [0, 0.1) is 12.8 Å². The highest BCUT2D eigenvalue weighted by atomic mass is 19.4. The topological polar surface area (TPSA) is 129 Å². The number of halogens is 3. The van der Waals surface area contributed by atoms with Crippen molar-refractivity contribution in [1.82, 2.24) is 25.3 Å². The van der Waals surface area contributed by atoms with Crippen LogP contribution in [-0.4, -0.2) is 81.0 Å². The van der Waals surface area contributed by atoms with Gasteiger partial charge in [0.2, 0.25) is 11.8 Å². The Labute approximate surface area is 255 Å². The van der Waals surface area contributed by atoms with Crippen molar-refractivity contribution in [3.8, 4) is 5.69 Å². The minimum absolute atomic E-state index is 0.273. The zero-order valence-corrected chi connectivity index (χ0v) is 26.3. The lowest BCUT2D eigenvalue weighted by Gasteiger charge is -2.38. The second-order valence-corrected chi connectivity index (χ2v) is 12.1. The lowest BCUT2D eigenvalue weighted by atomic mass is 9.99. The summed E-state index contributed by atoms with van der Waals surface area (Å²) in [6.45, 7) is 9.47. The Bertz CT molecular complexity index is 1530. The molecule has 3 rings (SSSR count). The number of benzene rings is 2. The molecule has 2 aromatic carbocycles. The van der Waals surface area contributed by atoms with Gasteiger partial charge in [0.05, 0.1) is 30.5 Å². The van der Waals surface area contributed by atoms with E-state index in [1.54, 1.807) is 89.5 Å². The summed E-state index contributed by atoms with van der Waals surface area (Å²) in [5.74, 6) is -1.88. The van der Waals surface area contributed by atoms with Crippen molar-refractivity contribution in [1.29, 1.82) is 0 Å². The molecule has 0 saturated heterocycles. The first kappa shape index (κ1) is 34.4. The van der Waals surface area contributed by atoms with Gasteiger partial charge in [0.15, 0.2) is 5.60 Å². The molecule has 44 heavy (non-hydrogen) atoms. The van der Waals surface area contributed by atoms with Crippen LogP contribution in [0.4, 0.5) is 18.9 Å². The third kappa shape index (κ3) is 7.32. The van der Waals surface area contributed by atoms with Gasteiger partial charge in [-0.3, -0.25) is 14.4 Å². The Morgan fingerprint density at radius 2 is 1.73 bits per heavy atom. The Morgan fingerprint density at radius 3 is 2.30 bits per heavy atom. The Kier molecular flexibility index (Phi) is 10.0. The number of aryl methyl sites for hydroxylation is 1. The number of anilines is 1. The maximum Gasteiger partial charge on any atom is 0.420 e. The minimum atomic E-state index is -5.04. The third-order valence-electron chi connectivity index (χ3n) is 7.34. The molecule has 0 fully saturated rings. The summed E-state index contributed by atoms with van der Waals surface area (Å²) in [4.78, 5) is 38.8. The van der Waals surface area contributed by atoms with Crippen LogP contribution in [0.3, 0.4) is 0 Å². The molecule has 10 nitrogen and oxygen atoms in total. The van der Waals surface area contributed by atoms with Crippen LogP contribution >= 0.6 is 0 Å². The van der Waals surface area contributed by atoms with E-state index >= 15 is 0 Å². The van der Waals surface area contributed by atoms with E-state index in [1.807, 2.05) is 0 Å². The first-order valence-corrected chi connectivity index (χ1v) is 14.3. The number of carbonyl (C=O) groups excluding carboxylic acids is 3. The smallest absolute Gasteiger partial charge is 0.381 e. The number of aromatic nitrogens is 2. The monoisotopic (exact) mass is 618 g/mol. The van der Waals surface area contributed by atoms with Crippen molar-refractivity contribution in [3.05, 3.63) is 53.7 Å². The van der Waals surface area contributed by atoms with Gasteiger partial charge >= 0.3 is 6.18 Å². The van der Waals surface area contributed by atoms with Gasteiger partial charge < -0.3 is 26.0 Å².